The summed E-state index contributed by atoms with van der Waals surface area (Å²) in [5.74, 6) is -0.0242. The molecule has 19 heavy (non-hydrogen) atoms. The lowest BCUT2D eigenvalue weighted by Gasteiger charge is -2.16. The smallest absolute Gasteiger partial charge is 0.228 e. The molecule has 0 saturated carbocycles. The molecule has 1 aliphatic heterocycles. The van der Waals surface area contributed by atoms with E-state index < -0.39 is 10.0 Å². The van der Waals surface area contributed by atoms with Crippen LogP contribution in [0.15, 0.2) is 16.7 Å². The van der Waals surface area contributed by atoms with Gasteiger partial charge in [-0.25, -0.2) is 18.5 Å². The molecule has 104 valence electrons. The molecule has 1 atom stereocenters. The molecular weight excluding hydrogens is 334 g/mol. The molecule has 0 radical (unpaired) electrons. The molecule has 2 heterocycles. The second-order valence-corrected chi connectivity index (χ2v) is 7.21. The van der Waals surface area contributed by atoms with Crippen molar-refractivity contribution < 1.29 is 13.2 Å². The van der Waals surface area contributed by atoms with Crippen molar-refractivity contribution in [2.45, 2.75) is 13.3 Å². The first-order valence-corrected chi connectivity index (χ1v) is 8.20. The highest BCUT2D eigenvalue weighted by atomic mass is 79.9. The molecular formula is C11H14BrN3O3S. The zero-order chi connectivity index (χ0) is 14.2. The minimum absolute atomic E-state index is 0.122. The van der Waals surface area contributed by atoms with Crippen LogP contribution in [0.2, 0.25) is 0 Å². The van der Waals surface area contributed by atoms with Gasteiger partial charge in [0.1, 0.15) is 5.82 Å². The van der Waals surface area contributed by atoms with Gasteiger partial charge < -0.3 is 0 Å². The van der Waals surface area contributed by atoms with Gasteiger partial charge in [0, 0.05) is 29.6 Å². The number of carbonyl (C=O) groups excluding carboxylic acids is 1. The van der Waals surface area contributed by atoms with Crippen LogP contribution in [-0.4, -0.2) is 31.6 Å². The Bertz CT molecular complexity index is 618. The van der Waals surface area contributed by atoms with E-state index in [0.29, 0.717) is 12.4 Å². The number of primary sulfonamides is 1. The summed E-state index contributed by atoms with van der Waals surface area (Å²) in [6, 6.07) is 1.79. The normalized spacial score (nSPS) is 20.1. The summed E-state index contributed by atoms with van der Waals surface area (Å²) in [6.45, 7) is 2.24. The van der Waals surface area contributed by atoms with Crippen LogP contribution in [0, 0.1) is 12.8 Å². The van der Waals surface area contributed by atoms with Crippen molar-refractivity contribution in [2.75, 3.05) is 17.2 Å². The average molecular weight is 348 g/mol. The van der Waals surface area contributed by atoms with Crippen LogP contribution in [0.3, 0.4) is 0 Å². The highest BCUT2D eigenvalue weighted by molar-refractivity contribution is 9.10. The van der Waals surface area contributed by atoms with Gasteiger partial charge in [0.05, 0.1) is 5.75 Å². The first kappa shape index (κ1) is 14.4. The van der Waals surface area contributed by atoms with Crippen molar-refractivity contribution in [3.8, 4) is 0 Å². The van der Waals surface area contributed by atoms with Crippen LogP contribution in [-0.2, 0) is 14.8 Å². The number of aryl methyl sites for hydroxylation is 1. The molecule has 0 bridgehead atoms. The van der Waals surface area contributed by atoms with Crippen molar-refractivity contribution in [1.29, 1.82) is 0 Å². The molecule has 0 aliphatic carbocycles. The van der Waals surface area contributed by atoms with E-state index in [1.54, 1.807) is 12.3 Å². The maximum Gasteiger partial charge on any atom is 0.228 e. The van der Waals surface area contributed by atoms with Crippen molar-refractivity contribution in [3.63, 3.8) is 0 Å². The maximum absolute atomic E-state index is 11.9. The van der Waals surface area contributed by atoms with Gasteiger partial charge in [0.25, 0.3) is 0 Å². The number of halogens is 1. The first-order valence-electron chi connectivity index (χ1n) is 5.69. The minimum Gasteiger partial charge on any atom is -0.296 e. The van der Waals surface area contributed by atoms with Crippen LogP contribution in [0.1, 0.15) is 12.0 Å². The number of carbonyl (C=O) groups is 1. The second kappa shape index (κ2) is 5.18. The van der Waals surface area contributed by atoms with Crippen molar-refractivity contribution in [3.05, 3.63) is 22.3 Å². The SMILES string of the molecule is Cc1cc(N2CC(CS(N)(=O)=O)CC2=O)ncc1Br. The number of nitrogens with zero attached hydrogens (tertiary/aromatic N) is 2. The Labute approximate surface area is 120 Å². The number of pyridine rings is 1. The zero-order valence-corrected chi connectivity index (χ0v) is 12.7. The van der Waals surface area contributed by atoms with Crippen molar-refractivity contribution in [2.24, 2.45) is 11.1 Å². The van der Waals surface area contributed by atoms with Gasteiger partial charge >= 0.3 is 0 Å². The summed E-state index contributed by atoms with van der Waals surface area (Å²) in [5, 5.41) is 5.01. The van der Waals surface area contributed by atoms with Gasteiger partial charge in [-0.1, -0.05) is 0 Å². The Morgan fingerprint density at radius 3 is 2.84 bits per heavy atom. The van der Waals surface area contributed by atoms with Crippen LogP contribution in [0.25, 0.3) is 0 Å². The molecule has 0 spiro atoms. The number of sulfonamides is 1. The Hall–Kier alpha value is -0.990. The fraction of sp³-hybridized carbons (Fsp3) is 0.455. The number of hydrogen-bond donors (Lipinski definition) is 1. The van der Waals surface area contributed by atoms with E-state index in [9.17, 15) is 13.2 Å². The fourth-order valence-electron chi connectivity index (χ4n) is 2.12. The largest absolute Gasteiger partial charge is 0.296 e. The summed E-state index contributed by atoms with van der Waals surface area (Å²) in [4.78, 5) is 17.6. The van der Waals surface area contributed by atoms with E-state index in [1.807, 2.05) is 6.92 Å². The van der Waals surface area contributed by atoms with Crippen LogP contribution < -0.4 is 10.0 Å². The molecule has 0 aromatic carbocycles. The topological polar surface area (TPSA) is 93.4 Å². The molecule has 1 aliphatic rings. The summed E-state index contributed by atoms with van der Waals surface area (Å²) < 4.78 is 23.0. The quantitative estimate of drug-likeness (QED) is 0.874. The monoisotopic (exact) mass is 347 g/mol. The van der Waals surface area contributed by atoms with E-state index in [0.717, 1.165) is 10.0 Å². The Morgan fingerprint density at radius 2 is 2.26 bits per heavy atom. The highest BCUT2D eigenvalue weighted by Crippen LogP contribution is 2.26. The first-order chi connectivity index (χ1) is 8.76. The van der Waals surface area contributed by atoms with Crippen molar-refractivity contribution >= 4 is 37.7 Å². The van der Waals surface area contributed by atoms with Crippen molar-refractivity contribution in [1.82, 2.24) is 4.98 Å². The summed E-state index contributed by atoms with van der Waals surface area (Å²) in [5.41, 5.74) is 0.965. The summed E-state index contributed by atoms with van der Waals surface area (Å²) >= 11 is 3.34. The summed E-state index contributed by atoms with van der Waals surface area (Å²) in [7, 11) is -3.56. The molecule has 2 rings (SSSR count). The van der Waals surface area contributed by atoms with E-state index in [4.69, 9.17) is 5.14 Å². The maximum atomic E-state index is 11.9. The third-order valence-electron chi connectivity index (χ3n) is 2.98. The van der Waals surface area contributed by atoms with Crippen LogP contribution in [0.4, 0.5) is 5.82 Å². The van der Waals surface area contributed by atoms with Gasteiger partial charge in [0.15, 0.2) is 0 Å². The van der Waals surface area contributed by atoms with Crippen LogP contribution in [0.5, 0.6) is 0 Å². The Morgan fingerprint density at radius 1 is 1.58 bits per heavy atom. The molecule has 8 heteroatoms. The number of nitrogens with two attached hydrogens (primary N) is 1. The average Bonchev–Trinajstić information content (AvgIpc) is 2.61. The molecule has 1 fully saturated rings. The second-order valence-electron chi connectivity index (χ2n) is 4.70. The zero-order valence-electron chi connectivity index (χ0n) is 10.3. The fourth-order valence-corrected chi connectivity index (χ4v) is 3.21. The van der Waals surface area contributed by atoms with E-state index in [2.05, 4.69) is 20.9 Å². The predicted molar refractivity (Wildman–Crippen MR) is 75.1 cm³/mol. The van der Waals surface area contributed by atoms with Gasteiger partial charge in [0.2, 0.25) is 15.9 Å². The van der Waals surface area contributed by atoms with Gasteiger partial charge in [-0.2, -0.15) is 0 Å². The number of anilines is 1. The highest BCUT2D eigenvalue weighted by Gasteiger charge is 2.33. The third kappa shape index (κ3) is 3.52. The summed E-state index contributed by atoms with van der Waals surface area (Å²) in [6.07, 6.45) is 1.82. The van der Waals surface area contributed by atoms with Gasteiger partial charge in [-0.05, 0) is 34.5 Å². The minimum atomic E-state index is -3.56. The Kier molecular flexibility index (Phi) is 3.93. The lowest BCUT2D eigenvalue weighted by Crippen LogP contribution is -2.28. The van der Waals surface area contributed by atoms with E-state index in [1.165, 1.54) is 4.90 Å². The number of aromatic nitrogens is 1. The van der Waals surface area contributed by atoms with E-state index in [-0.39, 0.29) is 24.0 Å². The van der Waals surface area contributed by atoms with E-state index >= 15 is 0 Å². The van der Waals surface area contributed by atoms with Crippen LogP contribution >= 0.6 is 15.9 Å². The molecule has 1 aromatic rings. The molecule has 1 unspecified atom stereocenters. The lowest BCUT2D eigenvalue weighted by atomic mass is 10.1. The third-order valence-corrected chi connectivity index (χ3v) is 4.75. The Balaban J connectivity index is 2.18. The van der Waals surface area contributed by atoms with Gasteiger partial charge in [-0.3, -0.25) is 9.69 Å². The standard InChI is InChI=1S/C11H14BrN3O3S/c1-7-2-10(14-4-9(7)12)15-5-8(3-11(15)16)6-19(13,17)18/h2,4,8H,3,5-6H2,1H3,(H2,13,17,18). The predicted octanol–water partition coefficient (Wildman–Crippen LogP) is 0.794. The molecule has 1 aromatic heterocycles. The molecule has 6 nitrogen and oxygen atoms in total. The number of rotatable bonds is 3. The molecule has 1 saturated heterocycles. The number of hydrogen-bond acceptors (Lipinski definition) is 4. The number of amides is 1. The molecule has 2 N–H and O–H groups in total. The lowest BCUT2D eigenvalue weighted by molar-refractivity contribution is -0.117. The molecule has 1 amide bonds. The van der Waals surface area contributed by atoms with Gasteiger partial charge in [-0.15, -0.1) is 0 Å².